The van der Waals surface area contributed by atoms with Crippen molar-refractivity contribution in [1.29, 1.82) is 0 Å². The highest BCUT2D eigenvalue weighted by Crippen LogP contribution is 2.15. The molecule has 100 valence electrons. The van der Waals surface area contributed by atoms with E-state index >= 15 is 0 Å². The predicted molar refractivity (Wildman–Crippen MR) is 76.9 cm³/mol. The summed E-state index contributed by atoms with van der Waals surface area (Å²) in [5.74, 6) is 0.227. The molecule has 18 heavy (non-hydrogen) atoms. The van der Waals surface area contributed by atoms with E-state index in [1.165, 1.54) is 0 Å². The Morgan fingerprint density at radius 1 is 1.22 bits per heavy atom. The van der Waals surface area contributed by atoms with Crippen molar-refractivity contribution >= 4 is 11.6 Å². The van der Waals surface area contributed by atoms with Crippen LogP contribution in [0.4, 0.5) is 5.69 Å². The summed E-state index contributed by atoms with van der Waals surface area (Å²) >= 11 is 0. The molecule has 3 heteroatoms. The molecule has 0 radical (unpaired) electrons. The molecule has 0 fully saturated rings. The summed E-state index contributed by atoms with van der Waals surface area (Å²) in [4.78, 5) is 14.1. The van der Waals surface area contributed by atoms with Crippen LogP contribution in [0.2, 0.25) is 0 Å². The zero-order valence-electron chi connectivity index (χ0n) is 11.5. The summed E-state index contributed by atoms with van der Waals surface area (Å²) in [5.41, 5.74) is 1.01. The largest absolute Gasteiger partial charge is 0.320 e. The topological polar surface area (TPSA) is 32.3 Å². The minimum Gasteiger partial charge on any atom is -0.320 e. The number of benzene rings is 1. The third-order valence-electron chi connectivity index (χ3n) is 2.92. The van der Waals surface area contributed by atoms with Gasteiger partial charge in [0.05, 0.1) is 0 Å². The van der Waals surface area contributed by atoms with E-state index in [0.717, 1.165) is 38.0 Å². The minimum atomic E-state index is 0.227. The highest BCUT2D eigenvalue weighted by atomic mass is 16.2. The number of carbonyl (C=O) groups is 1. The molecule has 3 nitrogen and oxygen atoms in total. The molecule has 1 N–H and O–H groups in total. The van der Waals surface area contributed by atoms with E-state index in [-0.39, 0.29) is 5.91 Å². The SMILES string of the molecule is CCCCN(C(=O)CCCNC)c1ccccc1. The normalized spacial score (nSPS) is 10.3. The van der Waals surface area contributed by atoms with Crippen molar-refractivity contribution in [2.24, 2.45) is 0 Å². The number of para-hydroxylation sites is 1. The third-order valence-corrected chi connectivity index (χ3v) is 2.92. The maximum atomic E-state index is 12.2. The molecule has 1 aromatic rings. The number of rotatable bonds is 8. The van der Waals surface area contributed by atoms with Crippen LogP contribution in [0.15, 0.2) is 30.3 Å². The molecule has 0 aliphatic rings. The van der Waals surface area contributed by atoms with Gasteiger partial charge >= 0.3 is 0 Å². The molecule has 0 atom stereocenters. The number of hydrogen-bond donors (Lipinski definition) is 1. The second-order valence-electron chi connectivity index (χ2n) is 4.44. The first-order valence-electron chi connectivity index (χ1n) is 6.79. The second-order valence-corrected chi connectivity index (χ2v) is 4.44. The van der Waals surface area contributed by atoms with Crippen LogP contribution in [0.25, 0.3) is 0 Å². The molecule has 0 heterocycles. The number of hydrogen-bond acceptors (Lipinski definition) is 2. The van der Waals surface area contributed by atoms with Crippen molar-refractivity contribution in [3.8, 4) is 0 Å². The van der Waals surface area contributed by atoms with Crippen LogP contribution < -0.4 is 10.2 Å². The Hall–Kier alpha value is -1.35. The van der Waals surface area contributed by atoms with Crippen molar-refractivity contribution in [3.63, 3.8) is 0 Å². The van der Waals surface area contributed by atoms with Gasteiger partial charge in [-0.2, -0.15) is 0 Å². The molecule has 0 unspecified atom stereocenters. The number of nitrogens with zero attached hydrogens (tertiary/aromatic N) is 1. The summed E-state index contributed by atoms with van der Waals surface area (Å²) in [7, 11) is 1.91. The first-order valence-corrected chi connectivity index (χ1v) is 6.79. The summed E-state index contributed by atoms with van der Waals surface area (Å²) < 4.78 is 0. The van der Waals surface area contributed by atoms with Crippen LogP contribution in [-0.2, 0) is 4.79 Å². The van der Waals surface area contributed by atoms with Gasteiger partial charge < -0.3 is 10.2 Å². The van der Waals surface area contributed by atoms with Gasteiger partial charge in [0.2, 0.25) is 5.91 Å². The summed E-state index contributed by atoms with van der Waals surface area (Å²) in [6, 6.07) is 9.95. The zero-order chi connectivity index (χ0) is 13.2. The quantitative estimate of drug-likeness (QED) is 0.717. The fourth-order valence-electron chi connectivity index (χ4n) is 1.87. The number of anilines is 1. The standard InChI is InChI=1S/C15H24N2O/c1-3-4-13-17(14-9-6-5-7-10-14)15(18)11-8-12-16-2/h5-7,9-10,16H,3-4,8,11-13H2,1-2H3. The van der Waals surface area contributed by atoms with Crippen molar-refractivity contribution in [3.05, 3.63) is 30.3 Å². The lowest BCUT2D eigenvalue weighted by Gasteiger charge is -2.22. The van der Waals surface area contributed by atoms with E-state index < -0.39 is 0 Å². The average molecular weight is 248 g/mol. The number of amides is 1. The molecule has 0 bridgehead atoms. The van der Waals surface area contributed by atoms with Crippen molar-refractivity contribution in [2.75, 3.05) is 25.0 Å². The third kappa shape index (κ3) is 4.88. The smallest absolute Gasteiger partial charge is 0.227 e. The minimum absolute atomic E-state index is 0.227. The van der Waals surface area contributed by atoms with Gasteiger partial charge in [-0.3, -0.25) is 4.79 Å². The van der Waals surface area contributed by atoms with Crippen LogP contribution in [-0.4, -0.2) is 26.0 Å². The Morgan fingerprint density at radius 2 is 1.94 bits per heavy atom. The lowest BCUT2D eigenvalue weighted by Crippen LogP contribution is -2.32. The monoisotopic (exact) mass is 248 g/mol. The van der Waals surface area contributed by atoms with Crippen LogP contribution in [0.3, 0.4) is 0 Å². The van der Waals surface area contributed by atoms with Crippen molar-refractivity contribution < 1.29 is 4.79 Å². The van der Waals surface area contributed by atoms with Gasteiger partial charge in [0.15, 0.2) is 0 Å². The summed E-state index contributed by atoms with van der Waals surface area (Å²) in [5, 5.41) is 3.07. The van der Waals surface area contributed by atoms with Gasteiger partial charge in [-0.15, -0.1) is 0 Å². The molecule has 0 spiro atoms. The number of carbonyl (C=O) groups excluding carboxylic acids is 1. The summed E-state index contributed by atoms with van der Waals surface area (Å²) in [6.45, 7) is 3.86. The molecule has 1 aromatic carbocycles. The Labute approximate surface area is 110 Å². The number of unbranched alkanes of at least 4 members (excludes halogenated alkanes) is 1. The zero-order valence-corrected chi connectivity index (χ0v) is 11.5. The van der Waals surface area contributed by atoms with Gasteiger partial charge in [-0.25, -0.2) is 0 Å². The molecule has 0 aromatic heterocycles. The van der Waals surface area contributed by atoms with E-state index in [0.29, 0.717) is 6.42 Å². The molecule has 0 aliphatic heterocycles. The molecular formula is C15H24N2O. The van der Waals surface area contributed by atoms with Gasteiger partial charge in [0.25, 0.3) is 0 Å². The molecule has 1 rings (SSSR count). The lowest BCUT2D eigenvalue weighted by atomic mass is 10.2. The van der Waals surface area contributed by atoms with E-state index in [9.17, 15) is 4.79 Å². The Morgan fingerprint density at radius 3 is 2.56 bits per heavy atom. The Balaban J connectivity index is 2.63. The van der Waals surface area contributed by atoms with Gasteiger partial charge in [-0.05, 0) is 38.6 Å². The first-order chi connectivity index (χ1) is 8.79. The second kappa shape index (κ2) is 8.70. The highest BCUT2D eigenvalue weighted by Gasteiger charge is 2.14. The summed E-state index contributed by atoms with van der Waals surface area (Å²) in [6.07, 6.45) is 3.66. The van der Waals surface area contributed by atoms with Crippen molar-refractivity contribution in [2.45, 2.75) is 32.6 Å². The lowest BCUT2D eigenvalue weighted by molar-refractivity contribution is -0.118. The first kappa shape index (κ1) is 14.7. The van der Waals surface area contributed by atoms with Crippen LogP contribution in [0.1, 0.15) is 32.6 Å². The highest BCUT2D eigenvalue weighted by molar-refractivity contribution is 5.93. The van der Waals surface area contributed by atoms with Crippen molar-refractivity contribution in [1.82, 2.24) is 5.32 Å². The van der Waals surface area contributed by atoms with Gasteiger partial charge in [0, 0.05) is 18.7 Å². The molecule has 1 amide bonds. The van der Waals surface area contributed by atoms with E-state index in [2.05, 4.69) is 12.2 Å². The maximum absolute atomic E-state index is 12.2. The van der Waals surface area contributed by atoms with Crippen LogP contribution >= 0.6 is 0 Å². The predicted octanol–water partition coefficient (Wildman–Crippen LogP) is 2.82. The van der Waals surface area contributed by atoms with Gasteiger partial charge in [-0.1, -0.05) is 31.5 Å². The number of nitrogens with one attached hydrogen (secondary N) is 1. The average Bonchev–Trinajstić information content (AvgIpc) is 2.41. The molecule has 0 aliphatic carbocycles. The van der Waals surface area contributed by atoms with E-state index in [1.807, 2.05) is 42.3 Å². The van der Waals surface area contributed by atoms with E-state index in [4.69, 9.17) is 0 Å². The fraction of sp³-hybridized carbons (Fsp3) is 0.533. The molecule has 0 saturated carbocycles. The maximum Gasteiger partial charge on any atom is 0.227 e. The Kier molecular flexibility index (Phi) is 7.11. The van der Waals surface area contributed by atoms with Gasteiger partial charge in [0.1, 0.15) is 0 Å². The van der Waals surface area contributed by atoms with E-state index in [1.54, 1.807) is 0 Å². The Bertz CT molecular complexity index is 338. The molecule has 0 saturated heterocycles. The van der Waals surface area contributed by atoms with Crippen LogP contribution in [0.5, 0.6) is 0 Å². The fourth-order valence-corrected chi connectivity index (χ4v) is 1.87. The van der Waals surface area contributed by atoms with Crippen LogP contribution in [0, 0.1) is 0 Å². The molecular weight excluding hydrogens is 224 g/mol.